The smallest absolute Gasteiger partial charge is 0.304 e. The molecular formula is C23H30ClFN4O4S. The van der Waals surface area contributed by atoms with Gasteiger partial charge in [0.15, 0.2) is 0 Å². The molecule has 1 N–H and O–H groups in total. The second-order valence-electron chi connectivity index (χ2n) is 7.83. The van der Waals surface area contributed by atoms with Crippen molar-refractivity contribution in [1.29, 1.82) is 0 Å². The van der Waals surface area contributed by atoms with E-state index in [2.05, 4.69) is 5.32 Å². The molecule has 2 aromatic rings. The molecule has 0 bridgehead atoms. The minimum Gasteiger partial charge on any atom is -0.354 e. The van der Waals surface area contributed by atoms with Gasteiger partial charge in [0.25, 0.3) is 0 Å². The number of carbonyl (C=O) groups excluding carboxylic acids is 2. The van der Waals surface area contributed by atoms with E-state index in [1.54, 1.807) is 31.2 Å². The Morgan fingerprint density at radius 1 is 1.09 bits per heavy atom. The maximum atomic E-state index is 14.6. The second kappa shape index (κ2) is 12.1. The molecule has 1 atom stereocenters. The molecular weight excluding hydrogens is 483 g/mol. The average molecular weight is 513 g/mol. The number of hydrogen-bond acceptors (Lipinski definition) is 4. The van der Waals surface area contributed by atoms with Crippen LogP contribution in [-0.2, 0) is 26.3 Å². The molecule has 0 aromatic heterocycles. The molecule has 34 heavy (non-hydrogen) atoms. The first-order valence-electron chi connectivity index (χ1n) is 10.8. The lowest BCUT2D eigenvalue weighted by atomic mass is 10.1. The molecule has 186 valence electrons. The van der Waals surface area contributed by atoms with Crippen molar-refractivity contribution in [2.75, 3.05) is 31.5 Å². The van der Waals surface area contributed by atoms with E-state index in [1.807, 2.05) is 6.92 Å². The molecule has 0 fully saturated rings. The van der Waals surface area contributed by atoms with Crippen molar-refractivity contribution in [3.8, 4) is 0 Å². The molecule has 0 aliphatic heterocycles. The summed E-state index contributed by atoms with van der Waals surface area (Å²) < 4.78 is 42.2. The third kappa shape index (κ3) is 6.68. The molecule has 2 rings (SSSR count). The van der Waals surface area contributed by atoms with Crippen LogP contribution in [0.15, 0.2) is 48.5 Å². The quantitative estimate of drug-likeness (QED) is 0.501. The predicted molar refractivity (Wildman–Crippen MR) is 131 cm³/mol. The fourth-order valence-electron chi connectivity index (χ4n) is 3.14. The van der Waals surface area contributed by atoms with Gasteiger partial charge < -0.3 is 10.2 Å². The average Bonchev–Trinajstić information content (AvgIpc) is 2.80. The lowest BCUT2D eigenvalue weighted by Crippen LogP contribution is -2.52. The lowest BCUT2D eigenvalue weighted by Gasteiger charge is -2.33. The Labute approximate surface area is 205 Å². The van der Waals surface area contributed by atoms with E-state index in [0.717, 1.165) is 10.4 Å². The van der Waals surface area contributed by atoms with Crippen molar-refractivity contribution in [2.24, 2.45) is 0 Å². The minimum absolute atomic E-state index is 0.0354. The topological polar surface area (TPSA) is 90.0 Å². The van der Waals surface area contributed by atoms with Crippen LogP contribution in [0.5, 0.6) is 0 Å². The molecule has 11 heteroatoms. The first-order chi connectivity index (χ1) is 16.0. The Hall–Kier alpha value is -2.69. The Morgan fingerprint density at radius 2 is 1.71 bits per heavy atom. The predicted octanol–water partition coefficient (Wildman–Crippen LogP) is 3.04. The van der Waals surface area contributed by atoms with Gasteiger partial charge in [-0.05, 0) is 37.1 Å². The van der Waals surface area contributed by atoms with E-state index in [0.29, 0.717) is 27.9 Å². The molecule has 2 aromatic carbocycles. The van der Waals surface area contributed by atoms with Crippen LogP contribution in [-0.4, -0.2) is 62.7 Å². The van der Waals surface area contributed by atoms with E-state index in [1.165, 1.54) is 37.2 Å². The van der Waals surface area contributed by atoms with Crippen LogP contribution in [0.4, 0.5) is 10.1 Å². The molecule has 2 amide bonds. The SMILES string of the molecule is CCCNC(=O)[C@H](C)N(Cc1ccccc1Cl)C(=O)CN(c1ccccc1F)S(=O)(=O)N(C)C. The van der Waals surface area contributed by atoms with Crippen molar-refractivity contribution >= 4 is 39.3 Å². The first kappa shape index (κ1) is 27.6. The summed E-state index contributed by atoms with van der Waals surface area (Å²) in [6.45, 7) is 3.13. The van der Waals surface area contributed by atoms with Crippen LogP contribution in [0.25, 0.3) is 0 Å². The number of benzene rings is 2. The second-order valence-corrected chi connectivity index (χ2v) is 10.3. The summed E-state index contributed by atoms with van der Waals surface area (Å²) in [5, 5.41) is 3.14. The van der Waals surface area contributed by atoms with E-state index >= 15 is 0 Å². The lowest BCUT2D eigenvalue weighted by molar-refractivity contribution is -0.139. The van der Waals surface area contributed by atoms with E-state index in [-0.39, 0.29) is 12.2 Å². The number of nitrogens with one attached hydrogen (secondary N) is 1. The fraction of sp³-hybridized carbons (Fsp3) is 0.391. The van der Waals surface area contributed by atoms with E-state index in [4.69, 9.17) is 11.6 Å². The highest BCUT2D eigenvalue weighted by atomic mass is 35.5. The van der Waals surface area contributed by atoms with Crippen molar-refractivity contribution in [3.05, 3.63) is 64.9 Å². The number of rotatable bonds is 11. The zero-order chi connectivity index (χ0) is 25.5. The van der Waals surface area contributed by atoms with Gasteiger partial charge in [-0.2, -0.15) is 12.7 Å². The summed E-state index contributed by atoms with van der Waals surface area (Å²) in [5.41, 5.74) is 0.311. The number of halogens is 2. The van der Waals surface area contributed by atoms with Gasteiger partial charge in [-0.15, -0.1) is 0 Å². The molecule has 0 saturated carbocycles. The van der Waals surface area contributed by atoms with Crippen LogP contribution in [0.2, 0.25) is 5.02 Å². The van der Waals surface area contributed by atoms with Crippen LogP contribution < -0.4 is 9.62 Å². The summed E-state index contributed by atoms with van der Waals surface area (Å²) in [4.78, 5) is 27.4. The molecule has 0 spiro atoms. The van der Waals surface area contributed by atoms with Crippen molar-refractivity contribution in [1.82, 2.24) is 14.5 Å². The highest BCUT2D eigenvalue weighted by molar-refractivity contribution is 7.90. The van der Waals surface area contributed by atoms with Gasteiger partial charge in [0.1, 0.15) is 18.4 Å². The third-order valence-electron chi connectivity index (χ3n) is 5.16. The first-order valence-corrected chi connectivity index (χ1v) is 12.5. The van der Waals surface area contributed by atoms with Crippen molar-refractivity contribution < 1.29 is 22.4 Å². The van der Waals surface area contributed by atoms with E-state index < -0.39 is 40.4 Å². The number of hydrogen-bond donors (Lipinski definition) is 1. The number of carbonyl (C=O) groups is 2. The largest absolute Gasteiger partial charge is 0.354 e. The van der Waals surface area contributed by atoms with Crippen molar-refractivity contribution in [2.45, 2.75) is 32.9 Å². The third-order valence-corrected chi connectivity index (χ3v) is 7.33. The molecule has 0 unspecified atom stereocenters. The highest BCUT2D eigenvalue weighted by Gasteiger charge is 2.33. The Balaban J connectivity index is 2.47. The Bertz CT molecular complexity index is 1110. The van der Waals surface area contributed by atoms with Crippen LogP contribution >= 0.6 is 11.6 Å². The molecule has 0 radical (unpaired) electrons. The van der Waals surface area contributed by atoms with Gasteiger partial charge in [0.2, 0.25) is 11.8 Å². The molecule has 0 heterocycles. The van der Waals surface area contributed by atoms with Gasteiger partial charge in [-0.25, -0.2) is 8.70 Å². The Morgan fingerprint density at radius 3 is 2.29 bits per heavy atom. The van der Waals surface area contributed by atoms with Crippen LogP contribution in [0, 0.1) is 5.82 Å². The molecule has 0 aliphatic carbocycles. The number of nitrogens with zero attached hydrogens (tertiary/aromatic N) is 3. The number of amides is 2. The highest BCUT2D eigenvalue weighted by Crippen LogP contribution is 2.24. The molecule has 0 saturated heterocycles. The summed E-state index contributed by atoms with van der Waals surface area (Å²) in [6, 6.07) is 11.2. The Kier molecular flexibility index (Phi) is 9.84. The summed E-state index contributed by atoms with van der Waals surface area (Å²) in [7, 11) is -1.66. The normalized spacial score (nSPS) is 12.3. The van der Waals surface area contributed by atoms with Gasteiger partial charge in [-0.1, -0.05) is 48.9 Å². The maximum Gasteiger partial charge on any atom is 0.304 e. The van der Waals surface area contributed by atoms with Gasteiger partial charge in [0.05, 0.1) is 5.69 Å². The van der Waals surface area contributed by atoms with Crippen LogP contribution in [0.1, 0.15) is 25.8 Å². The van der Waals surface area contributed by atoms with E-state index in [9.17, 15) is 22.4 Å². The van der Waals surface area contributed by atoms with Gasteiger partial charge in [-0.3, -0.25) is 9.59 Å². The monoisotopic (exact) mass is 512 g/mol. The fourth-order valence-corrected chi connectivity index (χ4v) is 4.40. The zero-order valence-electron chi connectivity index (χ0n) is 19.7. The van der Waals surface area contributed by atoms with Crippen LogP contribution in [0.3, 0.4) is 0 Å². The summed E-state index contributed by atoms with van der Waals surface area (Å²) >= 11 is 6.28. The summed E-state index contributed by atoms with van der Waals surface area (Å²) in [5.74, 6) is -1.88. The van der Waals surface area contributed by atoms with Gasteiger partial charge in [0, 0.05) is 32.2 Å². The standard InChI is InChI=1S/C23H30ClFN4O4S/c1-5-14-26-23(31)17(2)28(15-18-10-6-7-11-19(18)24)22(30)16-29(34(32,33)27(3)4)21-13-9-8-12-20(21)25/h6-13,17H,5,14-16H2,1-4H3,(H,26,31)/t17-/m0/s1. The maximum absolute atomic E-state index is 14.6. The molecule has 8 nitrogen and oxygen atoms in total. The van der Waals surface area contributed by atoms with Gasteiger partial charge >= 0.3 is 10.2 Å². The van der Waals surface area contributed by atoms with Crippen molar-refractivity contribution in [3.63, 3.8) is 0 Å². The zero-order valence-corrected chi connectivity index (χ0v) is 21.2. The molecule has 0 aliphatic rings. The number of para-hydroxylation sites is 1. The number of anilines is 1. The minimum atomic E-state index is -4.23. The summed E-state index contributed by atoms with van der Waals surface area (Å²) in [6.07, 6.45) is 0.707.